The predicted molar refractivity (Wildman–Crippen MR) is 103 cm³/mol. The largest absolute Gasteiger partial charge is 0.458 e. The zero-order valence-corrected chi connectivity index (χ0v) is 17.2. The maximum atomic E-state index is 14.9. The summed E-state index contributed by atoms with van der Waals surface area (Å²) in [6, 6.07) is 0. The Morgan fingerprint density at radius 2 is 1.86 bits per heavy atom. The summed E-state index contributed by atoms with van der Waals surface area (Å²) in [4.78, 5) is 11.6. The first kappa shape index (κ1) is 20.2. The van der Waals surface area contributed by atoms with Crippen molar-refractivity contribution >= 4 is 5.97 Å². The summed E-state index contributed by atoms with van der Waals surface area (Å²) in [5, 5.41) is 21.5. The number of esters is 1. The minimum Gasteiger partial charge on any atom is -0.458 e. The van der Waals surface area contributed by atoms with E-state index >= 15 is 0 Å². The van der Waals surface area contributed by atoms with Gasteiger partial charge in [-0.05, 0) is 74.0 Å². The minimum absolute atomic E-state index is 0.0981. The average Bonchev–Trinajstić information content (AvgIpc) is 2.86. The molecule has 4 aliphatic carbocycles. The normalized spacial score (nSPS) is 55.4. The fourth-order valence-corrected chi connectivity index (χ4v) is 7.85. The fraction of sp³-hybridized carbons (Fsp3) is 0.870. The van der Waals surface area contributed by atoms with E-state index in [1.54, 1.807) is 0 Å². The van der Waals surface area contributed by atoms with Crippen LogP contribution in [0.1, 0.15) is 65.7 Å². The topological polar surface area (TPSA) is 66.8 Å². The molecule has 0 aromatic heterocycles. The van der Waals surface area contributed by atoms with E-state index in [4.69, 9.17) is 11.2 Å². The molecule has 0 radical (unpaired) electrons. The Morgan fingerprint density at radius 3 is 2.50 bits per heavy atom. The number of hydrogen-bond acceptors (Lipinski definition) is 4. The summed E-state index contributed by atoms with van der Waals surface area (Å²) in [5.74, 6) is 2.92. The van der Waals surface area contributed by atoms with Gasteiger partial charge in [0.05, 0.1) is 6.10 Å². The van der Waals surface area contributed by atoms with Crippen LogP contribution in [0, 0.1) is 46.8 Å². The summed E-state index contributed by atoms with van der Waals surface area (Å²) < 4.78 is 20.4. The van der Waals surface area contributed by atoms with Gasteiger partial charge in [0.2, 0.25) is 0 Å². The molecule has 4 nitrogen and oxygen atoms in total. The van der Waals surface area contributed by atoms with Crippen LogP contribution in [0.5, 0.6) is 0 Å². The molecule has 0 amide bonds. The molecular formula is C23H33FO4. The number of ether oxygens (including phenoxy) is 1. The molecule has 0 aliphatic heterocycles. The number of hydrogen-bond donors (Lipinski definition) is 2. The third kappa shape index (κ3) is 2.46. The highest BCUT2D eigenvalue weighted by Gasteiger charge is 2.69. The average molecular weight is 393 g/mol. The monoisotopic (exact) mass is 392 g/mol. The van der Waals surface area contributed by atoms with Gasteiger partial charge in [0.1, 0.15) is 12.3 Å². The number of carbonyl (C=O) groups excluding carboxylic acids is 1. The van der Waals surface area contributed by atoms with Crippen molar-refractivity contribution in [3.8, 4) is 12.3 Å². The molecule has 0 spiro atoms. The van der Waals surface area contributed by atoms with Crippen molar-refractivity contribution in [2.45, 2.75) is 89.7 Å². The lowest BCUT2D eigenvalue weighted by atomic mass is 9.44. The highest BCUT2D eigenvalue weighted by Crippen LogP contribution is 2.68. The van der Waals surface area contributed by atoms with E-state index in [9.17, 15) is 19.4 Å². The molecule has 5 heteroatoms. The zero-order chi connectivity index (χ0) is 20.5. The Morgan fingerprint density at radius 1 is 1.14 bits per heavy atom. The summed E-state index contributed by atoms with van der Waals surface area (Å²) in [5.41, 5.74) is -2.09. The van der Waals surface area contributed by atoms with Crippen LogP contribution in [-0.2, 0) is 9.53 Å². The molecule has 0 aromatic rings. The zero-order valence-electron chi connectivity index (χ0n) is 17.2. The highest BCUT2D eigenvalue weighted by atomic mass is 19.1. The number of fused-ring (bicyclic) bond motifs is 5. The van der Waals surface area contributed by atoms with Gasteiger partial charge in [0.15, 0.2) is 5.60 Å². The van der Waals surface area contributed by atoms with Crippen LogP contribution in [0.3, 0.4) is 0 Å². The standard InChI is InChI=1S/C23H33FO4/c1-5-23(27)19(28-13(2)25)12-17-14-6-7-16-20(24)18(26)9-10-21(16,3)15(14)8-11-22(17,23)4/h1,14-20,26-27H,6-12H2,2-4H3/t14-,15+,16?,17+,18-,19-,20-,21-,22+,23+/m1/s1. The minimum atomic E-state index is -1.46. The molecule has 2 N–H and O–H groups in total. The van der Waals surface area contributed by atoms with Gasteiger partial charge in [-0.2, -0.15) is 0 Å². The number of aliphatic hydroxyl groups is 2. The van der Waals surface area contributed by atoms with Gasteiger partial charge in [-0.15, -0.1) is 6.42 Å². The van der Waals surface area contributed by atoms with Crippen molar-refractivity contribution in [2.75, 3.05) is 0 Å². The van der Waals surface area contributed by atoms with Gasteiger partial charge < -0.3 is 14.9 Å². The molecular weight excluding hydrogens is 359 g/mol. The number of aliphatic hydroxyl groups excluding tert-OH is 1. The fourth-order valence-electron chi connectivity index (χ4n) is 7.85. The summed E-state index contributed by atoms with van der Waals surface area (Å²) in [7, 11) is 0. The first-order chi connectivity index (χ1) is 13.1. The Balaban J connectivity index is 1.67. The molecule has 4 saturated carbocycles. The molecule has 28 heavy (non-hydrogen) atoms. The van der Waals surface area contributed by atoms with Crippen molar-refractivity contribution in [3.63, 3.8) is 0 Å². The molecule has 0 saturated heterocycles. The summed E-state index contributed by atoms with van der Waals surface area (Å²) >= 11 is 0. The Bertz CT molecular complexity index is 703. The van der Waals surface area contributed by atoms with E-state index in [2.05, 4.69) is 12.8 Å². The molecule has 0 bridgehead atoms. The van der Waals surface area contributed by atoms with E-state index in [-0.39, 0.29) is 17.3 Å². The molecule has 4 fully saturated rings. The molecule has 0 aromatic carbocycles. The second-order valence-electron chi connectivity index (χ2n) is 10.3. The van der Waals surface area contributed by atoms with Crippen molar-refractivity contribution in [1.82, 2.24) is 0 Å². The Labute approximate surface area is 167 Å². The third-order valence-electron chi connectivity index (χ3n) is 9.40. The lowest BCUT2D eigenvalue weighted by molar-refractivity contribution is -0.175. The molecule has 156 valence electrons. The number of rotatable bonds is 1. The first-order valence-electron chi connectivity index (χ1n) is 10.8. The van der Waals surface area contributed by atoms with Gasteiger partial charge in [-0.25, -0.2) is 4.39 Å². The van der Waals surface area contributed by atoms with E-state index in [0.29, 0.717) is 24.7 Å². The number of carbonyl (C=O) groups is 1. The second-order valence-corrected chi connectivity index (χ2v) is 10.3. The smallest absolute Gasteiger partial charge is 0.303 e. The van der Waals surface area contributed by atoms with Gasteiger partial charge in [-0.3, -0.25) is 4.79 Å². The van der Waals surface area contributed by atoms with Gasteiger partial charge in [0.25, 0.3) is 0 Å². The molecule has 4 rings (SSSR count). The van der Waals surface area contributed by atoms with E-state index in [0.717, 1.165) is 32.1 Å². The third-order valence-corrected chi connectivity index (χ3v) is 9.40. The maximum absolute atomic E-state index is 14.9. The SMILES string of the molecule is C#C[C@]1(O)[C@H](OC(C)=O)C[C@H]2[C@@H]3CCC4[C@@H](F)[C@H](O)CC[C@]4(C)[C@H]3CC[C@@]21C. The van der Waals surface area contributed by atoms with Crippen molar-refractivity contribution in [3.05, 3.63) is 0 Å². The van der Waals surface area contributed by atoms with Crippen LogP contribution < -0.4 is 0 Å². The summed E-state index contributed by atoms with van der Waals surface area (Å²) in [6.45, 7) is 5.61. The molecule has 1 unspecified atom stereocenters. The number of alkyl halides is 1. The Hall–Kier alpha value is -1.12. The van der Waals surface area contributed by atoms with E-state index in [1.807, 2.05) is 6.92 Å². The quantitative estimate of drug-likeness (QED) is 0.531. The maximum Gasteiger partial charge on any atom is 0.303 e. The van der Waals surface area contributed by atoms with Crippen molar-refractivity contribution in [1.29, 1.82) is 0 Å². The van der Waals surface area contributed by atoms with Crippen molar-refractivity contribution in [2.24, 2.45) is 34.5 Å². The predicted octanol–water partition coefficient (Wildman–Crippen LogP) is 3.24. The van der Waals surface area contributed by atoms with Crippen molar-refractivity contribution < 1.29 is 24.1 Å². The number of halogens is 1. The lowest BCUT2D eigenvalue weighted by Gasteiger charge is -2.61. The lowest BCUT2D eigenvalue weighted by Crippen LogP contribution is -2.59. The van der Waals surface area contributed by atoms with Crippen LogP contribution in [0.15, 0.2) is 0 Å². The van der Waals surface area contributed by atoms with Gasteiger partial charge in [-0.1, -0.05) is 19.8 Å². The Kier molecular flexibility index (Phi) is 4.64. The van der Waals surface area contributed by atoms with Gasteiger partial charge in [0, 0.05) is 12.3 Å². The summed E-state index contributed by atoms with van der Waals surface area (Å²) in [6.07, 6.45) is 8.34. The van der Waals surface area contributed by atoms with Crippen LogP contribution in [0.2, 0.25) is 0 Å². The van der Waals surface area contributed by atoms with Crippen LogP contribution in [0.4, 0.5) is 4.39 Å². The van der Waals surface area contributed by atoms with E-state index < -0.39 is 35.4 Å². The first-order valence-corrected chi connectivity index (χ1v) is 10.8. The van der Waals surface area contributed by atoms with Gasteiger partial charge >= 0.3 is 5.97 Å². The van der Waals surface area contributed by atoms with Crippen LogP contribution >= 0.6 is 0 Å². The number of terminal acetylenes is 1. The molecule has 0 heterocycles. The highest BCUT2D eigenvalue weighted by molar-refractivity contribution is 5.66. The molecule has 4 aliphatic rings. The van der Waals surface area contributed by atoms with Crippen LogP contribution in [-0.4, -0.2) is 40.2 Å². The molecule has 10 atom stereocenters. The van der Waals surface area contributed by atoms with Crippen LogP contribution in [0.25, 0.3) is 0 Å². The van der Waals surface area contributed by atoms with E-state index in [1.165, 1.54) is 6.92 Å². The second kappa shape index (κ2) is 6.44.